The van der Waals surface area contributed by atoms with E-state index in [1.807, 2.05) is 25.2 Å². The van der Waals surface area contributed by atoms with Gasteiger partial charge in [-0.25, -0.2) is 10.8 Å². The number of aromatic nitrogens is 2. The molecule has 0 saturated heterocycles. The van der Waals surface area contributed by atoms with Crippen LogP contribution in [0.3, 0.4) is 0 Å². The number of nitrogens with two attached hydrogens (primary N) is 1. The molecule has 0 aliphatic heterocycles. The van der Waals surface area contributed by atoms with Gasteiger partial charge in [-0.1, -0.05) is 30.3 Å². The van der Waals surface area contributed by atoms with Crippen molar-refractivity contribution in [3.8, 4) is 0 Å². The zero-order valence-electron chi connectivity index (χ0n) is 12.0. The van der Waals surface area contributed by atoms with Gasteiger partial charge in [-0.3, -0.25) is 5.43 Å². The van der Waals surface area contributed by atoms with Crippen LogP contribution in [0, 0.1) is 6.92 Å². The van der Waals surface area contributed by atoms with Gasteiger partial charge < -0.3 is 4.90 Å². The molecule has 0 radical (unpaired) electrons. The Bertz CT molecular complexity index is 753. The molecule has 3 rings (SSSR count). The maximum Gasteiger partial charge on any atom is 0.240 e. The molecule has 5 nitrogen and oxygen atoms in total. The van der Waals surface area contributed by atoms with Gasteiger partial charge in [-0.2, -0.15) is 4.98 Å². The Balaban J connectivity index is 2.01. The number of hydrogen-bond acceptors (Lipinski definition) is 6. The predicted octanol–water partition coefficient (Wildman–Crippen LogP) is 2.92. The van der Waals surface area contributed by atoms with E-state index in [1.54, 1.807) is 11.3 Å². The van der Waals surface area contributed by atoms with Crippen LogP contribution in [0.15, 0.2) is 36.4 Å². The van der Waals surface area contributed by atoms with E-state index in [0.29, 0.717) is 5.95 Å². The first-order chi connectivity index (χ1) is 10.2. The number of fused-ring (bicyclic) bond motifs is 1. The van der Waals surface area contributed by atoms with Crippen LogP contribution >= 0.6 is 11.3 Å². The monoisotopic (exact) mass is 299 g/mol. The highest BCUT2D eigenvalue weighted by Crippen LogP contribution is 2.31. The first-order valence-electron chi connectivity index (χ1n) is 6.67. The topological polar surface area (TPSA) is 67.1 Å². The van der Waals surface area contributed by atoms with Gasteiger partial charge in [-0.05, 0) is 18.6 Å². The molecular formula is C15H17N5S. The second-order valence-electron chi connectivity index (χ2n) is 4.93. The number of nitrogens with one attached hydrogen (secondary N) is 1. The third-order valence-corrected chi connectivity index (χ3v) is 4.19. The Morgan fingerprint density at radius 3 is 2.71 bits per heavy atom. The molecule has 0 bridgehead atoms. The Hall–Kier alpha value is -2.18. The fraction of sp³-hybridized carbons (Fsp3) is 0.200. The van der Waals surface area contributed by atoms with Crippen molar-refractivity contribution in [2.75, 3.05) is 17.4 Å². The predicted molar refractivity (Wildman–Crippen MR) is 88.5 cm³/mol. The quantitative estimate of drug-likeness (QED) is 0.573. The van der Waals surface area contributed by atoms with E-state index in [4.69, 9.17) is 5.84 Å². The van der Waals surface area contributed by atoms with Gasteiger partial charge in [0.2, 0.25) is 5.95 Å². The minimum absolute atomic E-state index is 0.444. The summed E-state index contributed by atoms with van der Waals surface area (Å²) in [5.74, 6) is 6.81. The minimum Gasteiger partial charge on any atom is -0.355 e. The van der Waals surface area contributed by atoms with Crippen LogP contribution in [0.5, 0.6) is 0 Å². The summed E-state index contributed by atoms with van der Waals surface area (Å²) in [7, 11) is 2.03. The highest BCUT2D eigenvalue weighted by atomic mass is 32.1. The maximum atomic E-state index is 5.48. The second kappa shape index (κ2) is 5.67. The summed E-state index contributed by atoms with van der Waals surface area (Å²) in [6.07, 6.45) is 0. The van der Waals surface area contributed by atoms with Crippen LogP contribution in [0.25, 0.3) is 10.2 Å². The van der Waals surface area contributed by atoms with Gasteiger partial charge in [-0.15, -0.1) is 11.3 Å². The average molecular weight is 299 g/mol. The molecule has 108 valence electrons. The van der Waals surface area contributed by atoms with E-state index >= 15 is 0 Å². The van der Waals surface area contributed by atoms with Crippen molar-refractivity contribution in [1.29, 1.82) is 0 Å². The Labute approximate surface area is 127 Å². The van der Waals surface area contributed by atoms with E-state index in [2.05, 4.69) is 45.4 Å². The molecule has 21 heavy (non-hydrogen) atoms. The van der Waals surface area contributed by atoms with E-state index < -0.39 is 0 Å². The van der Waals surface area contributed by atoms with Crippen molar-refractivity contribution in [3.63, 3.8) is 0 Å². The summed E-state index contributed by atoms with van der Waals surface area (Å²) in [6.45, 7) is 2.86. The van der Waals surface area contributed by atoms with Crippen LogP contribution in [0.2, 0.25) is 0 Å². The number of nitrogen functional groups attached to an aromatic ring is 1. The fourth-order valence-corrected chi connectivity index (χ4v) is 3.19. The van der Waals surface area contributed by atoms with E-state index in [9.17, 15) is 0 Å². The molecule has 0 fully saturated rings. The van der Waals surface area contributed by atoms with Crippen LogP contribution < -0.4 is 16.2 Å². The lowest BCUT2D eigenvalue weighted by Crippen LogP contribution is -2.19. The third kappa shape index (κ3) is 2.81. The first-order valence-corrected chi connectivity index (χ1v) is 7.49. The maximum absolute atomic E-state index is 5.48. The van der Waals surface area contributed by atoms with E-state index in [0.717, 1.165) is 22.6 Å². The SMILES string of the molecule is Cc1cc2c(N(C)Cc3ccccc3)nc(NN)nc2s1. The van der Waals surface area contributed by atoms with Crippen molar-refractivity contribution in [2.24, 2.45) is 5.84 Å². The zero-order valence-corrected chi connectivity index (χ0v) is 12.8. The lowest BCUT2D eigenvalue weighted by atomic mass is 10.2. The summed E-state index contributed by atoms with van der Waals surface area (Å²) in [5, 5.41) is 1.06. The summed E-state index contributed by atoms with van der Waals surface area (Å²) >= 11 is 1.65. The smallest absolute Gasteiger partial charge is 0.240 e. The number of rotatable bonds is 4. The number of anilines is 2. The van der Waals surface area contributed by atoms with Crippen molar-refractivity contribution >= 4 is 33.3 Å². The van der Waals surface area contributed by atoms with Crippen LogP contribution in [0.4, 0.5) is 11.8 Å². The molecule has 0 spiro atoms. The average Bonchev–Trinajstić information content (AvgIpc) is 2.87. The van der Waals surface area contributed by atoms with Gasteiger partial charge in [0.15, 0.2) is 0 Å². The van der Waals surface area contributed by atoms with Crippen LogP contribution in [-0.2, 0) is 6.54 Å². The van der Waals surface area contributed by atoms with Gasteiger partial charge in [0.1, 0.15) is 10.6 Å². The number of thiophene rings is 1. The zero-order chi connectivity index (χ0) is 14.8. The van der Waals surface area contributed by atoms with Crippen molar-refractivity contribution < 1.29 is 0 Å². The molecule has 1 aromatic carbocycles. The summed E-state index contributed by atoms with van der Waals surface area (Å²) in [5.41, 5.74) is 3.78. The minimum atomic E-state index is 0.444. The standard InChI is InChI=1S/C15H17N5S/c1-10-8-12-13(17-15(19-16)18-14(12)21-10)20(2)9-11-6-4-3-5-7-11/h3-8H,9,16H2,1-2H3,(H,17,18,19). The van der Waals surface area contributed by atoms with Gasteiger partial charge in [0, 0.05) is 18.5 Å². The molecule has 3 aromatic rings. The van der Waals surface area contributed by atoms with E-state index in [1.165, 1.54) is 10.4 Å². The molecule has 0 aliphatic carbocycles. The largest absolute Gasteiger partial charge is 0.355 e. The summed E-state index contributed by atoms with van der Waals surface area (Å²) in [6, 6.07) is 12.4. The fourth-order valence-electron chi connectivity index (χ4n) is 2.31. The number of nitrogens with zero attached hydrogens (tertiary/aromatic N) is 3. The molecular weight excluding hydrogens is 282 g/mol. The highest BCUT2D eigenvalue weighted by Gasteiger charge is 2.14. The molecule has 0 unspecified atom stereocenters. The Morgan fingerprint density at radius 1 is 1.24 bits per heavy atom. The van der Waals surface area contributed by atoms with Crippen molar-refractivity contribution in [2.45, 2.75) is 13.5 Å². The summed E-state index contributed by atoms with van der Waals surface area (Å²) in [4.78, 5) is 13.2. The Kier molecular flexibility index (Phi) is 3.72. The summed E-state index contributed by atoms with van der Waals surface area (Å²) < 4.78 is 0. The van der Waals surface area contributed by atoms with Gasteiger partial charge in [0.25, 0.3) is 0 Å². The second-order valence-corrected chi connectivity index (χ2v) is 6.17. The highest BCUT2D eigenvalue weighted by molar-refractivity contribution is 7.18. The molecule has 2 heterocycles. The molecule has 0 aliphatic rings. The normalized spacial score (nSPS) is 10.8. The van der Waals surface area contributed by atoms with E-state index in [-0.39, 0.29) is 0 Å². The molecule has 0 atom stereocenters. The van der Waals surface area contributed by atoms with Crippen molar-refractivity contribution in [1.82, 2.24) is 9.97 Å². The molecule has 2 aromatic heterocycles. The first kappa shape index (κ1) is 13.8. The third-order valence-electron chi connectivity index (χ3n) is 3.25. The number of benzene rings is 1. The number of aryl methyl sites for hydroxylation is 1. The van der Waals surface area contributed by atoms with Gasteiger partial charge >= 0.3 is 0 Å². The molecule has 3 N–H and O–H groups in total. The lowest BCUT2D eigenvalue weighted by molar-refractivity contribution is 0.901. The number of hydrogen-bond donors (Lipinski definition) is 2. The van der Waals surface area contributed by atoms with Crippen LogP contribution in [0.1, 0.15) is 10.4 Å². The van der Waals surface area contributed by atoms with Crippen molar-refractivity contribution in [3.05, 3.63) is 46.8 Å². The Morgan fingerprint density at radius 2 is 2.00 bits per heavy atom. The molecule has 0 amide bonds. The van der Waals surface area contributed by atoms with Gasteiger partial charge in [0.05, 0.1) is 5.39 Å². The van der Waals surface area contributed by atoms with Crippen LogP contribution in [-0.4, -0.2) is 17.0 Å². The molecule has 0 saturated carbocycles. The lowest BCUT2D eigenvalue weighted by Gasteiger charge is -2.19. The number of hydrazine groups is 1. The molecule has 6 heteroatoms.